The van der Waals surface area contributed by atoms with E-state index in [1.165, 1.54) is 23.5 Å². The maximum absolute atomic E-state index is 13.7. The number of aliphatic hydroxyl groups is 1. The van der Waals surface area contributed by atoms with Crippen molar-refractivity contribution in [1.29, 1.82) is 0 Å². The van der Waals surface area contributed by atoms with Gasteiger partial charge in [-0.05, 0) is 49.2 Å². The first-order valence-corrected chi connectivity index (χ1v) is 16.0. The molecular weight excluding hydrogens is 560 g/mol. The van der Waals surface area contributed by atoms with Gasteiger partial charge in [0.2, 0.25) is 10.0 Å². The lowest BCUT2D eigenvalue weighted by molar-refractivity contribution is -0.196. The largest absolute Gasteiger partial charge is 0.497 e. The number of ether oxygens (including phenoxy) is 4. The number of nitrogens with zero attached hydrogens (tertiary/aromatic N) is 1. The number of carbonyl (C=O) groups excluding carboxylic acids is 1. The summed E-state index contributed by atoms with van der Waals surface area (Å²) in [6.45, 7) is 4.81. The second-order valence-corrected chi connectivity index (χ2v) is 13.4. The molecule has 2 aromatic rings. The van der Waals surface area contributed by atoms with E-state index in [9.17, 15) is 18.3 Å². The van der Waals surface area contributed by atoms with E-state index in [4.69, 9.17) is 18.9 Å². The Bertz CT molecular complexity index is 1240. The summed E-state index contributed by atoms with van der Waals surface area (Å²) in [5.74, 6) is -0.571. The molecule has 0 bridgehead atoms. The quantitative estimate of drug-likeness (QED) is 0.313. The molecule has 0 unspecified atom stereocenters. The fraction of sp³-hybridized carbons (Fsp3) is 0.581. The van der Waals surface area contributed by atoms with Crippen LogP contribution in [-0.2, 0) is 35.4 Å². The molecule has 0 radical (unpaired) electrons. The summed E-state index contributed by atoms with van der Waals surface area (Å²) in [6.07, 6.45) is -1.04. The summed E-state index contributed by atoms with van der Waals surface area (Å²) in [5.41, 5.74) is 0.938. The molecule has 0 aliphatic carbocycles. The van der Waals surface area contributed by atoms with Crippen molar-refractivity contribution in [3.63, 3.8) is 0 Å². The topological polar surface area (TPSA) is 124 Å². The Morgan fingerprint density at radius 1 is 1.10 bits per heavy atom. The van der Waals surface area contributed by atoms with Crippen LogP contribution in [0.3, 0.4) is 0 Å². The first-order chi connectivity index (χ1) is 20.1. The van der Waals surface area contributed by atoms with Crippen molar-refractivity contribution >= 4 is 16.0 Å². The standard InChI is InChI=1S/C31H44N2O8S/c1-21(2)18-33(42(36,37)25-12-10-24(38-4)11-13-25)19-27(34)23(16-22-8-6-5-7-9-22)17-29(35)41-28-14-15-39-31-30(28)26(32-3)20-40-31/h5-13,21,23,26-28,30-32,34H,14-20H2,1-4H3/t23-,26+,27-,28+,30+,31+/m1/s1. The zero-order chi connectivity index (χ0) is 30.3. The molecule has 10 nitrogen and oxygen atoms in total. The van der Waals surface area contributed by atoms with Gasteiger partial charge in [0.05, 0.1) is 43.7 Å². The number of carbonyl (C=O) groups is 1. The number of fused-ring (bicyclic) bond motifs is 1. The molecule has 2 aromatic carbocycles. The van der Waals surface area contributed by atoms with E-state index < -0.39 is 34.3 Å². The molecule has 2 aliphatic heterocycles. The van der Waals surface area contributed by atoms with Crippen LogP contribution in [0.4, 0.5) is 0 Å². The molecule has 2 saturated heterocycles. The Kier molecular flexibility index (Phi) is 11.4. The number of sulfonamides is 1. The molecule has 0 amide bonds. The van der Waals surface area contributed by atoms with E-state index in [1.807, 2.05) is 51.2 Å². The highest BCUT2D eigenvalue weighted by Crippen LogP contribution is 2.33. The fourth-order valence-corrected chi connectivity index (χ4v) is 7.36. The van der Waals surface area contributed by atoms with Crippen LogP contribution in [0.25, 0.3) is 0 Å². The van der Waals surface area contributed by atoms with Gasteiger partial charge in [0.15, 0.2) is 6.29 Å². The average Bonchev–Trinajstić information content (AvgIpc) is 3.41. The van der Waals surface area contributed by atoms with Gasteiger partial charge >= 0.3 is 5.97 Å². The molecule has 42 heavy (non-hydrogen) atoms. The Balaban J connectivity index is 1.52. The van der Waals surface area contributed by atoms with E-state index in [2.05, 4.69) is 5.32 Å². The number of aliphatic hydroxyl groups excluding tert-OH is 1. The highest BCUT2D eigenvalue weighted by Gasteiger charge is 2.47. The first-order valence-electron chi connectivity index (χ1n) is 14.6. The van der Waals surface area contributed by atoms with Crippen molar-refractivity contribution in [2.45, 2.75) is 62.5 Å². The fourth-order valence-electron chi connectivity index (χ4n) is 5.73. The van der Waals surface area contributed by atoms with Crippen molar-refractivity contribution in [3.8, 4) is 5.75 Å². The van der Waals surface area contributed by atoms with Crippen molar-refractivity contribution in [2.24, 2.45) is 17.8 Å². The van der Waals surface area contributed by atoms with Crippen molar-refractivity contribution in [3.05, 3.63) is 60.2 Å². The van der Waals surface area contributed by atoms with Crippen LogP contribution < -0.4 is 10.1 Å². The van der Waals surface area contributed by atoms with Gasteiger partial charge < -0.3 is 29.4 Å². The van der Waals surface area contributed by atoms with E-state index >= 15 is 0 Å². The van der Waals surface area contributed by atoms with Gasteiger partial charge in [0, 0.05) is 31.5 Å². The molecule has 0 aromatic heterocycles. The van der Waals surface area contributed by atoms with Crippen molar-refractivity contribution in [2.75, 3.05) is 40.5 Å². The van der Waals surface area contributed by atoms with Crippen LogP contribution in [0, 0.1) is 17.8 Å². The highest BCUT2D eigenvalue weighted by molar-refractivity contribution is 7.89. The Morgan fingerprint density at radius 3 is 2.45 bits per heavy atom. The minimum absolute atomic E-state index is 0.00607. The zero-order valence-electron chi connectivity index (χ0n) is 24.8. The minimum Gasteiger partial charge on any atom is -0.497 e. The summed E-state index contributed by atoms with van der Waals surface area (Å²) in [4.78, 5) is 13.5. The number of rotatable bonds is 14. The molecule has 2 aliphatic rings. The summed E-state index contributed by atoms with van der Waals surface area (Å²) < 4.78 is 51.3. The van der Waals surface area contributed by atoms with Gasteiger partial charge in [-0.25, -0.2) is 8.42 Å². The van der Waals surface area contributed by atoms with Crippen LogP contribution in [0.15, 0.2) is 59.5 Å². The van der Waals surface area contributed by atoms with Crippen molar-refractivity contribution < 1.29 is 37.3 Å². The first kappa shape index (κ1) is 32.4. The molecule has 6 atom stereocenters. The lowest BCUT2D eigenvalue weighted by Crippen LogP contribution is -2.48. The van der Waals surface area contributed by atoms with Crippen LogP contribution >= 0.6 is 0 Å². The molecule has 0 saturated carbocycles. The number of methoxy groups -OCH3 is 1. The lowest BCUT2D eigenvalue weighted by Gasteiger charge is -2.35. The third-order valence-corrected chi connectivity index (χ3v) is 9.80. The summed E-state index contributed by atoms with van der Waals surface area (Å²) in [5, 5.41) is 14.8. The Morgan fingerprint density at radius 2 is 1.81 bits per heavy atom. The number of likely N-dealkylation sites (N-methyl/N-ethyl adjacent to an activating group) is 1. The molecule has 232 valence electrons. The average molecular weight is 605 g/mol. The van der Waals surface area contributed by atoms with Gasteiger partial charge in [-0.1, -0.05) is 44.2 Å². The summed E-state index contributed by atoms with van der Waals surface area (Å²) in [7, 11) is -0.562. The van der Waals surface area contributed by atoms with Gasteiger partial charge in [-0.3, -0.25) is 4.79 Å². The van der Waals surface area contributed by atoms with E-state index in [0.29, 0.717) is 31.8 Å². The summed E-state index contributed by atoms with van der Waals surface area (Å²) in [6, 6.07) is 15.8. The molecule has 2 fully saturated rings. The van der Waals surface area contributed by atoms with E-state index in [0.717, 1.165) is 5.56 Å². The van der Waals surface area contributed by atoms with Crippen LogP contribution in [0.2, 0.25) is 0 Å². The van der Waals surface area contributed by atoms with Crippen molar-refractivity contribution in [1.82, 2.24) is 9.62 Å². The van der Waals surface area contributed by atoms with Crippen LogP contribution in [0.5, 0.6) is 5.75 Å². The summed E-state index contributed by atoms with van der Waals surface area (Å²) >= 11 is 0. The molecule has 0 spiro atoms. The molecule has 11 heteroatoms. The second-order valence-electron chi connectivity index (χ2n) is 11.5. The molecular formula is C31H44N2O8S. The SMILES string of the molecule is CN[C@H]1CO[C@@H]2OCC[C@H](OC(=O)C[C@@H](Cc3ccccc3)[C@H](O)CN(CC(C)C)S(=O)(=O)c3ccc(OC)cc3)[C@@H]21. The highest BCUT2D eigenvalue weighted by atomic mass is 32.2. The van der Waals surface area contributed by atoms with Gasteiger partial charge in [-0.2, -0.15) is 4.31 Å². The van der Waals surface area contributed by atoms with Gasteiger partial charge in [0.1, 0.15) is 11.9 Å². The monoisotopic (exact) mass is 604 g/mol. The minimum atomic E-state index is -3.93. The number of hydrogen-bond donors (Lipinski definition) is 2. The lowest BCUT2D eigenvalue weighted by atomic mass is 9.90. The van der Waals surface area contributed by atoms with Crippen LogP contribution in [0.1, 0.15) is 32.3 Å². The normalized spacial score (nSPS) is 23.9. The molecule has 2 N–H and O–H groups in total. The third kappa shape index (κ3) is 8.09. The molecule has 2 heterocycles. The van der Waals surface area contributed by atoms with E-state index in [1.54, 1.807) is 12.1 Å². The van der Waals surface area contributed by atoms with Gasteiger partial charge in [0.25, 0.3) is 0 Å². The number of hydrogen-bond acceptors (Lipinski definition) is 9. The van der Waals surface area contributed by atoms with Gasteiger partial charge in [-0.15, -0.1) is 0 Å². The Labute approximate surface area is 249 Å². The molecule has 4 rings (SSSR count). The maximum Gasteiger partial charge on any atom is 0.306 e. The predicted octanol–water partition coefficient (Wildman–Crippen LogP) is 2.84. The maximum atomic E-state index is 13.7. The number of esters is 1. The van der Waals surface area contributed by atoms with Crippen LogP contribution in [-0.4, -0.2) is 88.8 Å². The Hall–Kier alpha value is -2.54. The predicted molar refractivity (Wildman–Crippen MR) is 157 cm³/mol. The third-order valence-electron chi connectivity index (χ3n) is 7.96. The zero-order valence-corrected chi connectivity index (χ0v) is 25.7. The smallest absolute Gasteiger partial charge is 0.306 e. The van der Waals surface area contributed by atoms with E-state index in [-0.39, 0.29) is 48.4 Å². The second kappa shape index (κ2) is 14.8. The number of benzene rings is 2. The number of nitrogens with one attached hydrogen (secondary N) is 1.